The predicted molar refractivity (Wildman–Crippen MR) is 97.6 cm³/mol. The Morgan fingerprint density at radius 1 is 0.962 bits per heavy atom. The van der Waals surface area contributed by atoms with Gasteiger partial charge in [-0.2, -0.15) is 0 Å². The molecule has 0 radical (unpaired) electrons. The van der Waals surface area contributed by atoms with Gasteiger partial charge in [0.2, 0.25) is 0 Å². The Labute approximate surface area is 157 Å². The quantitative estimate of drug-likeness (QED) is 0.304. The fourth-order valence-corrected chi connectivity index (χ4v) is 3.61. The minimum absolute atomic E-state index is 0.245. The highest BCUT2D eigenvalue weighted by molar-refractivity contribution is 5.06. The van der Waals surface area contributed by atoms with E-state index in [0.29, 0.717) is 6.42 Å². The van der Waals surface area contributed by atoms with Gasteiger partial charge in [0.25, 0.3) is 0 Å². The van der Waals surface area contributed by atoms with E-state index in [0.717, 1.165) is 19.3 Å². The summed E-state index contributed by atoms with van der Waals surface area (Å²) in [7, 11) is 1.29. The lowest BCUT2D eigenvalue weighted by Crippen LogP contribution is -2.71. The molecule has 1 heterocycles. The van der Waals surface area contributed by atoms with Gasteiger partial charge in [0.1, 0.15) is 23.9 Å². The maximum atomic E-state index is 10.8. The lowest BCUT2D eigenvalue weighted by atomic mass is 9.78. The van der Waals surface area contributed by atoms with Gasteiger partial charge < -0.3 is 35.0 Å². The molecule has 1 saturated heterocycles. The minimum Gasteiger partial charge on any atom is -0.394 e. The van der Waals surface area contributed by atoms with Crippen LogP contribution >= 0.6 is 0 Å². The molecule has 7 nitrogen and oxygen atoms in total. The highest BCUT2D eigenvalue weighted by Gasteiger charge is 2.58. The molecule has 0 spiro atoms. The fourth-order valence-electron chi connectivity index (χ4n) is 3.61. The fraction of sp³-hybridized carbons (Fsp3) is 1.00. The summed E-state index contributed by atoms with van der Waals surface area (Å²) in [5, 5.41) is 51.1. The molecule has 5 N–H and O–H groups in total. The molecule has 1 rings (SSSR count). The number of methoxy groups -OCH3 is 1. The van der Waals surface area contributed by atoms with Crippen LogP contribution in [-0.2, 0) is 9.47 Å². The van der Waals surface area contributed by atoms with Gasteiger partial charge in [-0.15, -0.1) is 0 Å². The van der Waals surface area contributed by atoms with Gasteiger partial charge in [-0.05, 0) is 6.42 Å². The normalized spacial score (nSPS) is 33.3. The first-order valence-electron chi connectivity index (χ1n) is 9.99. The zero-order valence-corrected chi connectivity index (χ0v) is 16.2. The molecule has 6 atom stereocenters. The molecule has 26 heavy (non-hydrogen) atoms. The summed E-state index contributed by atoms with van der Waals surface area (Å²) in [5.74, 6) is 0. The number of hydrogen-bond acceptors (Lipinski definition) is 7. The maximum Gasteiger partial charge on any atom is 0.186 e. The zero-order chi connectivity index (χ0) is 19.6. The molecule has 0 aliphatic carbocycles. The van der Waals surface area contributed by atoms with E-state index in [1.807, 2.05) is 0 Å². The summed E-state index contributed by atoms with van der Waals surface area (Å²) < 4.78 is 10.2. The highest BCUT2D eigenvalue weighted by atomic mass is 16.7. The first kappa shape index (κ1) is 23.8. The Hall–Kier alpha value is -0.280. The second kappa shape index (κ2) is 12.2. The van der Waals surface area contributed by atoms with Gasteiger partial charge in [0.05, 0.1) is 12.7 Å². The van der Waals surface area contributed by atoms with Crippen LogP contribution in [0.25, 0.3) is 0 Å². The Morgan fingerprint density at radius 3 is 2.00 bits per heavy atom. The third-order valence-electron chi connectivity index (χ3n) is 5.39. The van der Waals surface area contributed by atoms with E-state index in [1.54, 1.807) is 0 Å². The van der Waals surface area contributed by atoms with Gasteiger partial charge in [-0.25, -0.2) is 0 Å². The molecule has 1 aliphatic rings. The van der Waals surface area contributed by atoms with Gasteiger partial charge in [0, 0.05) is 7.11 Å². The van der Waals surface area contributed by atoms with Crippen molar-refractivity contribution in [2.75, 3.05) is 13.7 Å². The Balaban J connectivity index is 2.41. The van der Waals surface area contributed by atoms with Gasteiger partial charge in [-0.3, -0.25) is 0 Å². The highest BCUT2D eigenvalue weighted by Crippen LogP contribution is 2.34. The smallest absolute Gasteiger partial charge is 0.186 e. The monoisotopic (exact) mass is 378 g/mol. The molecular weight excluding hydrogens is 340 g/mol. The van der Waals surface area contributed by atoms with Crippen molar-refractivity contribution in [2.24, 2.45) is 0 Å². The van der Waals surface area contributed by atoms with Crippen molar-refractivity contribution in [2.45, 2.75) is 107 Å². The van der Waals surface area contributed by atoms with E-state index in [-0.39, 0.29) is 6.42 Å². The lowest BCUT2D eigenvalue weighted by Gasteiger charge is -2.49. The Morgan fingerprint density at radius 2 is 1.50 bits per heavy atom. The molecule has 0 saturated carbocycles. The molecule has 0 aromatic heterocycles. The topological polar surface area (TPSA) is 120 Å². The second-order valence-corrected chi connectivity index (χ2v) is 7.37. The summed E-state index contributed by atoms with van der Waals surface area (Å²) >= 11 is 0. The van der Waals surface area contributed by atoms with E-state index in [9.17, 15) is 25.5 Å². The Kier molecular flexibility index (Phi) is 11.2. The van der Waals surface area contributed by atoms with Crippen LogP contribution in [0.1, 0.15) is 71.1 Å². The van der Waals surface area contributed by atoms with Gasteiger partial charge >= 0.3 is 0 Å². The van der Waals surface area contributed by atoms with Gasteiger partial charge in [0.15, 0.2) is 6.29 Å². The van der Waals surface area contributed by atoms with E-state index in [1.165, 1.54) is 39.2 Å². The van der Waals surface area contributed by atoms with E-state index in [4.69, 9.17) is 9.47 Å². The van der Waals surface area contributed by atoms with Crippen LogP contribution < -0.4 is 0 Å². The number of aliphatic hydroxyl groups is 5. The summed E-state index contributed by atoms with van der Waals surface area (Å²) in [6.45, 7) is 1.64. The molecule has 0 aromatic rings. The van der Waals surface area contributed by atoms with Crippen molar-refractivity contribution >= 4 is 0 Å². The molecule has 156 valence electrons. The van der Waals surface area contributed by atoms with Crippen LogP contribution in [0.2, 0.25) is 0 Å². The van der Waals surface area contributed by atoms with Crippen LogP contribution in [0, 0.1) is 0 Å². The minimum atomic E-state index is -2.20. The maximum absolute atomic E-state index is 10.8. The molecule has 7 heteroatoms. The van der Waals surface area contributed by atoms with Crippen LogP contribution in [0.5, 0.6) is 0 Å². The summed E-state index contributed by atoms with van der Waals surface area (Å²) in [6.07, 6.45) is 3.43. The zero-order valence-electron chi connectivity index (χ0n) is 16.2. The summed E-state index contributed by atoms with van der Waals surface area (Å²) in [5.41, 5.74) is -2.20. The molecule has 1 fully saturated rings. The van der Waals surface area contributed by atoms with Crippen molar-refractivity contribution in [3.05, 3.63) is 0 Å². The number of unbranched alkanes of at least 4 members (excludes halogenated alkanes) is 8. The number of hydrogen-bond donors (Lipinski definition) is 5. The predicted octanol–water partition coefficient (Wildman–Crippen LogP) is 1.08. The van der Waals surface area contributed by atoms with E-state index >= 15 is 0 Å². The Bertz CT molecular complexity index is 350. The molecule has 0 aromatic carbocycles. The molecule has 2 unspecified atom stereocenters. The van der Waals surface area contributed by atoms with Crippen molar-refractivity contribution in [1.82, 2.24) is 0 Å². The van der Waals surface area contributed by atoms with Crippen molar-refractivity contribution < 1.29 is 35.0 Å². The average molecular weight is 379 g/mol. The number of rotatable bonds is 13. The van der Waals surface area contributed by atoms with Gasteiger partial charge in [-0.1, -0.05) is 64.7 Å². The standard InChI is InChI=1S/C19H38O7/c1-3-4-5-6-7-8-9-10-11-12-15(21)19(24)16(22)14(13-20)26-18(25-2)17(19)23/h14-18,20-24H,3-13H2,1-2H3/t14?,15?,16-,17-,18+,19-/m1/s1. The second-order valence-electron chi connectivity index (χ2n) is 7.37. The van der Waals surface area contributed by atoms with Crippen LogP contribution in [0.4, 0.5) is 0 Å². The third kappa shape index (κ3) is 6.12. The lowest BCUT2D eigenvalue weighted by molar-refractivity contribution is -0.344. The van der Waals surface area contributed by atoms with Crippen molar-refractivity contribution in [3.8, 4) is 0 Å². The SMILES string of the molecule is CCCCCCCCCCCC(O)[C@@]1(O)[C@H](O)C(CO)O[C@H](OC)[C@H]1O. The van der Waals surface area contributed by atoms with Crippen LogP contribution in [-0.4, -0.2) is 75.6 Å². The first-order chi connectivity index (χ1) is 12.4. The number of ether oxygens (including phenoxy) is 2. The average Bonchev–Trinajstić information content (AvgIpc) is 2.65. The molecule has 0 amide bonds. The third-order valence-corrected chi connectivity index (χ3v) is 5.39. The van der Waals surface area contributed by atoms with Crippen LogP contribution in [0.3, 0.4) is 0 Å². The summed E-state index contributed by atoms with van der Waals surface area (Å²) in [4.78, 5) is 0. The van der Waals surface area contributed by atoms with Crippen molar-refractivity contribution in [1.29, 1.82) is 0 Å². The molecular formula is C19H38O7. The first-order valence-corrected chi connectivity index (χ1v) is 9.99. The number of aliphatic hydroxyl groups excluding tert-OH is 4. The molecule has 1 aliphatic heterocycles. The molecule has 0 bridgehead atoms. The van der Waals surface area contributed by atoms with Crippen LogP contribution in [0.15, 0.2) is 0 Å². The summed E-state index contributed by atoms with van der Waals surface area (Å²) in [6, 6.07) is 0. The largest absolute Gasteiger partial charge is 0.394 e. The van der Waals surface area contributed by atoms with E-state index < -0.39 is 42.9 Å². The van der Waals surface area contributed by atoms with Crippen molar-refractivity contribution in [3.63, 3.8) is 0 Å². The van der Waals surface area contributed by atoms with E-state index in [2.05, 4.69) is 6.92 Å².